The number of anilines is 1. The first-order valence-electron chi connectivity index (χ1n) is 6.91. The van der Waals surface area contributed by atoms with E-state index in [1.54, 1.807) is 18.2 Å². The van der Waals surface area contributed by atoms with E-state index in [0.29, 0.717) is 30.0 Å². The Kier molecular flexibility index (Phi) is 5.82. The molecule has 1 aromatic rings. The lowest BCUT2D eigenvalue weighted by molar-refractivity contribution is 0.0886. The third-order valence-electron chi connectivity index (χ3n) is 3.43. The number of hydrogen-bond acceptors (Lipinski definition) is 4. The van der Waals surface area contributed by atoms with E-state index in [2.05, 4.69) is 5.32 Å². The van der Waals surface area contributed by atoms with Crippen LogP contribution in [0.5, 0.6) is 5.75 Å². The number of amides is 1. The average molecular weight is 280 g/mol. The second-order valence-electron chi connectivity index (χ2n) is 5.03. The number of hydrogen-bond donors (Lipinski definition) is 3. The Balaban J connectivity index is 2.84. The number of aliphatic hydroxyl groups excluding tert-OH is 1. The highest BCUT2D eigenvalue weighted by Crippen LogP contribution is 2.23. The number of benzene rings is 1. The van der Waals surface area contributed by atoms with E-state index < -0.39 is 5.54 Å². The highest BCUT2D eigenvalue weighted by Gasteiger charge is 2.24. The van der Waals surface area contributed by atoms with Gasteiger partial charge in [0.1, 0.15) is 5.75 Å². The molecule has 20 heavy (non-hydrogen) atoms. The van der Waals surface area contributed by atoms with E-state index in [1.807, 2.05) is 20.8 Å². The molecule has 0 aliphatic rings. The molecule has 0 aliphatic heterocycles. The lowest BCUT2D eigenvalue weighted by Gasteiger charge is -2.29. The third-order valence-corrected chi connectivity index (χ3v) is 3.43. The topological polar surface area (TPSA) is 84.6 Å². The van der Waals surface area contributed by atoms with Crippen LogP contribution < -0.4 is 15.8 Å². The number of carbonyl (C=O) groups excluding carboxylic acids is 1. The molecule has 0 aliphatic carbocycles. The van der Waals surface area contributed by atoms with Crippen molar-refractivity contribution in [2.45, 2.75) is 39.2 Å². The Morgan fingerprint density at radius 1 is 1.45 bits per heavy atom. The Hall–Kier alpha value is -1.75. The first kappa shape index (κ1) is 16.3. The van der Waals surface area contributed by atoms with Crippen LogP contribution in [0, 0.1) is 0 Å². The highest BCUT2D eigenvalue weighted by atomic mass is 16.5. The normalized spacial score (nSPS) is 13.6. The molecule has 112 valence electrons. The molecular formula is C15H24N2O3. The summed E-state index contributed by atoms with van der Waals surface area (Å²) in [6, 6.07) is 4.99. The summed E-state index contributed by atoms with van der Waals surface area (Å²) in [7, 11) is 0. The third kappa shape index (κ3) is 4.13. The van der Waals surface area contributed by atoms with Crippen molar-refractivity contribution in [1.29, 1.82) is 0 Å². The minimum absolute atomic E-state index is 0.0377. The first-order chi connectivity index (χ1) is 9.45. The zero-order valence-corrected chi connectivity index (χ0v) is 12.4. The molecule has 5 heteroatoms. The van der Waals surface area contributed by atoms with Crippen molar-refractivity contribution in [3.8, 4) is 5.75 Å². The lowest BCUT2D eigenvalue weighted by Crippen LogP contribution is -2.46. The molecule has 0 aromatic heterocycles. The predicted octanol–water partition coefficient (Wildman–Crippen LogP) is 1.95. The molecule has 5 nitrogen and oxygen atoms in total. The van der Waals surface area contributed by atoms with Gasteiger partial charge in [-0.15, -0.1) is 0 Å². The predicted molar refractivity (Wildman–Crippen MR) is 79.9 cm³/mol. The maximum Gasteiger partial charge on any atom is 0.251 e. The van der Waals surface area contributed by atoms with Gasteiger partial charge in [0, 0.05) is 17.7 Å². The molecule has 0 saturated heterocycles. The quantitative estimate of drug-likeness (QED) is 0.666. The van der Waals surface area contributed by atoms with Crippen molar-refractivity contribution in [2.24, 2.45) is 0 Å². The summed E-state index contributed by atoms with van der Waals surface area (Å²) in [5.41, 5.74) is 6.37. The minimum atomic E-state index is -0.417. The number of rotatable bonds is 7. The van der Waals surface area contributed by atoms with Crippen molar-refractivity contribution in [3.63, 3.8) is 0 Å². The van der Waals surface area contributed by atoms with Gasteiger partial charge in [-0.1, -0.05) is 6.92 Å². The Bertz CT molecular complexity index is 462. The van der Waals surface area contributed by atoms with Gasteiger partial charge in [0.25, 0.3) is 5.91 Å². The van der Waals surface area contributed by atoms with E-state index in [0.717, 1.165) is 6.42 Å². The van der Waals surface area contributed by atoms with Crippen LogP contribution in [0.4, 0.5) is 5.69 Å². The summed E-state index contributed by atoms with van der Waals surface area (Å²) in [5.74, 6) is 0.384. The van der Waals surface area contributed by atoms with E-state index in [-0.39, 0.29) is 12.5 Å². The van der Waals surface area contributed by atoms with Crippen LogP contribution in [0.2, 0.25) is 0 Å². The SMILES string of the molecule is CCOc1ccc(C(=O)NC(C)(CC)CCO)cc1N. The molecule has 1 atom stereocenters. The smallest absolute Gasteiger partial charge is 0.251 e. The lowest BCUT2D eigenvalue weighted by atomic mass is 9.94. The molecule has 0 fully saturated rings. The zero-order chi connectivity index (χ0) is 15.2. The molecule has 1 amide bonds. The van der Waals surface area contributed by atoms with E-state index in [1.165, 1.54) is 0 Å². The molecule has 0 radical (unpaired) electrons. The summed E-state index contributed by atoms with van der Waals surface area (Å²) in [4.78, 5) is 12.2. The maximum atomic E-state index is 12.2. The standard InChI is InChI=1S/C15H24N2O3/c1-4-15(3,8-9-18)17-14(19)11-6-7-13(20-5-2)12(16)10-11/h6-7,10,18H,4-5,8-9,16H2,1-3H3,(H,17,19). The average Bonchev–Trinajstić information content (AvgIpc) is 2.41. The van der Waals surface area contributed by atoms with Crippen molar-refractivity contribution >= 4 is 11.6 Å². The summed E-state index contributed by atoms with van der Waals surface area (Å²) in [5, 5.41) is 12.0. The molecule has 1 aromatic carbocycles. The van der Waals surface area contributed by atoms with Gasteiger partial charge < -0.3 is 20.9 Å². The maximum absolute atomic E-state index is 12.2. The van der Waals surface area contributed by atoms with Gasteiger partial charge >= 0.3 is 0 Å². The Morgan fingerprint density at radius 3 is 2.65 bits per heavy atom. The second kappa shape index (κ2) is 7.14. The summed E-state index contributed by atoms with van der Waals surface area (Å²) < 4.78 is 5.34. The molecule has 1 unspecified atom stereocenters. The van der Waals surface area contributed by atoms with Crippen LogP contribution in [0.1, 0.15) is 44.0 Å². The molecule has 0 saturated carbocycles. The van der Waals surface area contributed by atoms with Gasteiger partial charge in [-0.25, -0.2) is 0 Å². The molecule has 0 heterocycles. The summed E-state index contributed by atoms with van der Waals surface area (Å²) in [6.07, 6.45) is 1.26. The highest BCUT2D eigenvalue weighted by molar-refractivity contribution is 5.95. The minimum Gasteiger partial charge on any atom is -0.492 e. The van der Waals surface area contributed by atoms with E-state index in [4.69, 9.17) is 15.6 Å². The van der Waals surface area contributed by atoms with Crippen LogP contribution in [-0.4, -0.2) is 29.8 Å². The van der Waals surface area contributed by atoms with Crippen molar-refractivity contribution in [2.75, 3.05) is 18.9 Å². The second-order valence-corrected chi connectivity index (χ2v) is 5.03. The molecular weight excluding hydrogens is 256 g/mol. The van der Waals surface area contributed by atoms with Gasteiger partial charge in [-0.2, -0.15) is 0 Å². The van der Waals surface area contributed by atoms with E-state index in [9.17, 15) is 4.79 Å². The number of aliphatic hydroxyl groups is 1. The van der Waals surface area contributed by atoms with Gasteiger partial charge in [0.05, 0.1) is 12.3 Å². The van der Waals surface area contributed by atoms with E-state index >= 15 is 0 Å². The molecule has 4 N–H and O–H groups in total. The number of nitrogen functional groups attached to an aromatic ring is 1. The monoisotopic (exact) mass is 280 g/mol. The van der Waals surface area contributed by atoms with Crippen LogP contribution >= 0.6 is 0 Å². The molecule has 0 bridgehead atoms. The van der Waals surface area contributed by atoms with Gasteiger partial charge in [-0.05, 0) is 44.9 Å². The first-order valence-corrected chi connectivity index (χ1v) is 6.91. The van der Waals surface area contributed by atoms with Gasteiger partial charge in [0.15, 0.2) is 0 Å². The van der Waals surface area contributed by atoms with Gasteiger partial charge in [-0.3, -0.25) is 4.79 Å². The fraction of sp³-hybridized carbons (Fsp3) is 0.533. The van der Waals surface area contributed by atoms with Crippen LogP contribution in [0.3, 0.4) is 0 Å². The van der Waals surface area contributed by atoms with Crippen molar-refractivity contribution in [3.05, 3.63) is 23.8 Å². The fourth-order valence-electron chi connectivity index (χ4n) is 1.90. The van der Waals surface area contributed by atoms with Crippen LogP contribution in [0.15, 0.2) is 18.2 Å². The largest absolute Gasteiger partial charge is 0.492 e. The fourth-order valence-corrected chi connectivity index (χ4v) is 1.90. The Labute approximate surface area is 120 Å². The number of carbonyl (C=O) groups is 1. The summed E-state index contributed by atoms with van der Waals surface area (Å²) >= 11 is 0. The number of nitrogens with one attached hydrogen (secondary N) is 1. The van der Waals surface area contributed by atoms with Gasteiger partial charge in [0.2, 0.25) is 0 Å². The molecule has 0 spiro atoms. The Morgan fingerprint density at radius 2 is 2.15 bits per heavy atom. The van der Waals surface area contributed by atoms with Crippen LogP contribution in [0.25, 0.3) is 0 Å². The number of ether oxygens (including phenoxy) is 1. The summed E-state index contributed by atoms with van der Waals surface area (Å²) in [6.45, 7) is 6.33. The van der Waals surface area contributed by atoms with Crippen LogP contribution in [-0.2, 0) is 0 Å². The molecule has 1 rings (SSSR count). The zero-order valence-electron chi connectivity index (χ0n) is 12.4. The van der Waals surface area contributed by atoms with Crippen molar-refractivity contribution in [1.82, 2.24) is 5.32 Å². The van der Waals surface area contributed by atoms with Crippen molar-refractivity contribution < 1.29 is 14.6 Å². The number of nitrogens with two attached hydrogens (primary N) is 1.